The van der Waals surface area contributed by atoms with Crippen molar-refractivity contribution in [2.75, 3.05) is 22.6 Å². The third-order valence-corrected chi connectivity index (χ3v) is 7.50. The summed E-state index contributed by atoms with van der Waals surface area (Å²) in [5.74, 6) is 0. The Morgan fingerprint density at radius 1 is 1.03 bits per heavy atom. The first-order valence-corrected chi connectivity index (χ1v) is 13.0. The average molecular weight is 454 g/mol. The zero-order valence-corrected chi connectivity index (χ0v) is 19.8. The molecule has 4 rings (SSSR count). The lowest BCUT2D eigenvalue weighted by Gasteiger charge is -2.43. The summed E-state index contributed by atoms with van der Waals surface area (Å²) in [6.45, 7) is 8.79. The molecule has 2 aromatic carbocycles. The molecule has 0 saturated heterocycles. The van der Waals surface area contributed by atoms with Crippen LogP contribution in [0.25, 0.3) is 11.1 Å². The number of amides is 2. The number of anilines is 2. The molecule has 1 aliphatic carbocycles. The summed E-state index contributed by atoms with van der Waals surface area (Å²) in [4.78, 5) is 17.6. The molecule has 0 radical (unpaired) electrons. The second-order valence-electron chi connectivity index (χ2n) is 9.00. The highest BCUT2D eigenvalue weighted by atomic mass is 32.2. The van der Waals surface area contributed by atoms with Gasteiger partial charge in [0.25, 0.3) is 0 Å². The number of fused-ring (bicyclic) bond motifs is 1. The number of allylic oxidation sites excluding steroid dienone is 1. The van der Waals surface area contributed by atoms with Crippen LogP contribution in [0.5, 0.6) is 0 Å². The second-order valence-corrected chi connectivity index (χ2v) is 11.0. The molecule has 1 fully saturated rings. The van der Waals surface area contributed by atoms with Crippen molar-refractivity contribution in [3.63, 3.8) is 0 Å². The monoisotopic (exact) mass is 453 g/mol. The topological polar surface area (TPSA) is 69.7 Å². The van der Waals surface area contributed by atoms with E-state index in [0.29, 0.717) is 11.4 Å². The van der Waals surface area contributed by atoms with Gasteiger partial charge in [0, 0.05) is 30.6 Å². The van der Waals surface area contributed by atoms with Crippen LogP contribution in [-0.4, -0.2) is 39.3 Å². The summed E-state index contributed by atoms with van der Waals surface area (Å²) in [6.07, 6.45) is 5.60. The third-order valence-electron chi connectivity index (χ3n) is 6.37. The molecule has 1 aliphatic heterocycles. The number of hydrogen-bond acceptors (Lipinski definition) is 4. The minimum absolute atomic E-state index is 0.0593. The number of hydrogen-bond donors (Lipinski definition) is 1. The van der Waals surface area contributed by atoms with Crippen LogP contribution in [0.3, 0.4) is 0 Å². The van der Waals surface area contributed by atoms with Crippen LogP contribution in [0.2, 0.25) is 0 Å². The smallest absolute Gasteiger partial charge is 0.322 e. The maximum atomic E-state index is 13.2. The van der Waals surface area contributed by atoms with Crippen molar-refractivity contribution in [2.24, 2.45) is 0 Å². The normalized spacial score (nSPS) is 19.0. The summed E-state index contributed by atoms with van der Waals surface area (Å²) in [7, 11) is -3.25. The Balaban J connectivity index is 1.72. The highest BCUT2D eigenvalue weighted by molar-refractivity contribution is 7.90. The number of carbonyl (C=O) groups is 1. The van der Waals surface area contributed by atoms with Crippen LogP contribution in [0.4, 0.5) is 16.2 Å². The molecule has 6 nitrogen and oxygen atoms in total. The molecule has 2 aliphatic rings. The van der Waals surface area contributed by atoms with Crippen LogP contribution in [-0.2, 0) is 9.84 Å². The van der Waals surface area contributed by atoms with Crippen LogP contribution in [0.15, 0.2) is 59.6 Å². The highest BCUT2D eigenvalue weighted by Crippen LogP contribution is 2.40. The molecule has 1 N–H and O–H groups in total. The van der Waals surface area contributed by atoms with Gasteiger partial charge in [0.2, 0.25) is 0 Å². The maximum Gasteiger partial charge on any atom is 0.322 e. The van der Waals surface area contributed by atoms with Gasteiger partial charge in [-0.25, -0.2) is 13.2 Å². The number of urea groups is 1. The molecule has 0 bridgehead atoms. The molecule has 0 spiro atoms. The van der Waals surface area contributed by atoms with Gasteiger partial charge in [-0.15, -0.1) is 0 Å². The Bertz CT molecular complexity index is 1140. The molecule has 2 aromatic rings. The van der Waals surface area contributed by atoms with E-state index in [1.54, 1.807) is 12.1 Å². The number of benzene rings is 2. The predicted molar refractivity (Wildman–Crippen MR) is 130 cm³/mol. The largest absolute Gasteiger partial charge is 0.340 e. The van der Waals surface area contributed by atoms with Crippen molar-refractivity contribution >= 4 is 27.2 Å². The molecular formula is C25H31N3O3S. The van der Waals surface area contributed by atoms with E-state index in [2.05, 4.69) is 23.7 Å². The van der Waals surface area contributed by atoms with Gasteiger partial charge in [-0.1, -0.05) is 37.6 Å². The Kier molecular flexibility index (Phi) is 6.03. The fourth-order valence-electron chi connectivity index (χ4n) is 4.80. The lowest BCUT2D eigenvalue weighted by atomic mass is 10.0. The van der Waals surface area contributed by atoms with Gasteiger partial charge in [0.15, 0.2) is 9.84 Å². The Labute approximate surface area is 190 Å². The summed E-state index contributed by atoms with van der Waals surface area (Å²) in [5, 5.41) is 3.22. The molecular weight excluding hydrogens is 422 g/mol. The third kappa shape index (κ3) is 4.39. The van der Waals surface area contributed by atoms with Crippen molar-refractivity contribution in [1.29, 1.82) is 0 Å². The molecule has 1 heterocycles. The van der Waals surface area contributed by atoms with E-state index in [1.165, 1.54) is 6.26 Å². The molecule has 0 aromatic heterocycles. The van der Waals surface area contributed by atoms with Gasteiger partial charge in [-0.2, -0.15) is 0 Å². The molecule has 1 atom stereocenters. The van der Waals surface area contributed by atoms with E-state index in [-0.39, 0.29) is 18.1 Å². The standard InChI is InChI=1S/C25H31N3O3S/c1-17(2)28-18(3)16-27(25(29)26-21-7-5-6-8-21)24-15-20(11-14-23(24)28)19-9-12-22(13-10-19)32(4,30)31/h9-15,18,21H,1,5-8,16H2,2-4H3,(H,26,29)/t18-/m0/s1. The highest BCUT2D eigenvalue weighted by Gasteiger charge is 2.33. The van der Waals surface area contributed by atoms with E-state index < -0.39 is 9.84 Å². The number of sulfone groups is 1. The van der Waals surface area contributed by atoms with E-state index >= 15 is 0 Å². The minimum atomic E-state index is -3.25. The number of rotatable bonds is 4. The maximum absolute atomic E-state index is 13.2. The van der Waals surface area contributed by atoms with Crippen molar-refractivity contribution in [1.82, 2.24) is 5.32 Å². The van der Waals surface area contributed by atoms with Crippen LogP contribution >= 0.6 is 0 Å². The van der Waals surface area contributed by atoms with Crippen LogP contribution in [0.1, 0.15) is 39.5 Å². The summed E-state index contributed by atoms with van der Waals surface area (Å²) >= 11 is 0. The molecule has 170 valence electrons. The SMILES string of the molecule is C=C(C)N1c2ccc(-c3ccc(S(C)(=O)=O)cc3)cc2N(C(=O)NC2CCCC2)C[C@@H]1C. The van der Waals surface area contributed by atoms with Crippen molar-refractivity contribution in [3.05, 3.63) is 54.7 Å². The fourth-order valence-corrected chi connectivity index (χ4v) is 5.43. The van der Waals surface area contributed by atoms with E-state index in [9.17, 15) is 13.2 Å². The van der Waals surface area contributed by atoms with Gasteiger partial charge in [-0.3, -0.25) is 4.90 Å². The molecule has 32 heavy (non-hydrogen) atoms. The second kappa shape index (κ2) is 8.62. The van der Waals surface area contributed by atoms with Gasteiger partial charge >= 0.3 is 6.03 Å². The summed E-state index contributed by atoms with van der Waals surface area (Å²) in [5.41, 5.74) is 4.55. The van der Waals surface area contributed by atoms with E-state index in [1.807, 2.05) is 42.2 Å². The van der Waals surface area contributed by atoms with Gasteiger partial charge in [0.05, 0.1) is 16.3 Å². The number of nitrogens with zero attached hydrogens (tertiary/aromatic N) is 2. The zero-order chi connectivity index (χ0) is 23.0. The van der Waals surface area contributed by atoms with Gasteiger partial charge in [-0.05, 0) is 62.1 Å². The summed E-state index contributed by atoms with van der Waals surface area (Å²) < 4.78 is 23.6. The first kappa shape index (κ1) is 22.4. The molecule has 2 amide bonds. The van der Waals surface area contributed by atoms with Gasteiger partial charge < -0.3 is 10.2 Å². The average Bonchev–Trinajstić information content (AvgIpc) is 3.25. The lowest BCUT2D eigenvalue weighted by molar-refractivity contribution is 0.242. The quantitative estimate of drug-likeness (QED) is 0.711. The van der Waals surface area contributed by atoms with Crippen molar-refractivity contribution < 1.29 is 13.2 Å². The van der Waals surface area contributed by atoms with E-state index in [0.717, 1.165) is 53.9 Å². The minimum Gasteiger partial charge on any atom is -0.340 e. The Hall–Kier alpha value is -2.80. The van der Waals surface area contributed by atoms with Crippen molar-refractivity contribution in [3.8, 4) is 11.1 Å². The molecule has 0 unspecified atom stereocenters. The van der Waals surface area contributed by atoms with Crippen molar-refractivity contribution in [2.45, 2.75) is 56.5 Å². The summed E-state index contributed by atoms with van der Waals surface area (Å²) in [6, 6.07) is 13.2. The zero-order valence-electron chi connectivity index (χ0n) is 19.0. The first-order valence-electron chi connectivity index (χ1n) is 11.1. The lowest BCUT2D eigenvalue weighted by Crippen LogP contribution is -2.53. The number of nitrogens with one attached hydrogen (secondary N) is 1. The molecule has 1 saturated carbocycles. The van der Waals surface area contributed by atoms with Crippen LogP contribution < -0.4 is 15.1 Å². The van der Waals surface area contributed by atoms with E-state index in [4.69, 9.17) is 0 Å². The number of carbonyl (C=O) groups excluding carboxylic acids is 1. The Morgan fingerprint density at radius 2 is 1.66 bits per heavy atom. The predicted octanol–water partition coefficient (Wildman–Crippen LogP) is 4.96. The fraction of sp³-hybridized carbons (Fsp3) is 0.400. The first-order chi connectivity index (χ1) is 15.1. The molecule has 7 heteroatoms. The van der Waals surface area contributed by atoms with Crippen LogP contribution in [0, 0.1) is 0 Å². The van der Waals surface area contributed by atoms with Gasteiger partial charge in [0.1, 0.15) is 0 Å². The Morgan fingerprint density at radius 3 is 2.25 bits per heavy atom.